The van der Waals surface area contributed by atoms with E-state index < -0.39 is 11.1 Å². The van der Waals surface area contributed by atoms with Crippen molar-refractivity contribution in [2.24, 2.45) is 5.73 Å². The van der Waals surface area contributed by atoms with E-state index in [0.29, 0.717) is 6.54 Å². The number of nitrogens with two attached hydrogens (primary N) is 1. The molecule has 0 aromatic rings. The van der Waals surface area contributed by atoms with Crippen molar-refractivity contribution in [3.63, 3.8) is 0 Å². The van der Waals surface area contributed by atoms with Gasteiger partial charge < -0.3 is 21.1 Å². The minimum atomic E-state index is -0.940. The lowest BCUT2D eigenvalue weighted by atomic mass is 10.0. The Bertz CT molecular complexity index is 219. The molecule has 1 unspecified atom stereocenters. The summed E-state index contributed by atoms with van der Waals surface area (Å²) in [6, 6.07) is 0. The number of rotatable bonds is 5. The van der Waals surface area contributed by atoms with E-state index in [9.17, 15) is 9.90 Å². The van der Waals surface area contributed by atoms with Gasteiger partial charge in [0.05, 0.1) is 11.1 Å². The third kappa shape index (κ3) is 6.43. The minimum absolute atomic E-state index is 0.199. The molecule has 0 spiro atoms. The number of likely N-dealkylation sites (N-methyl/N-ethyl adjacent to an activating group) is 1. The summed E-state index contributed by atoms with van der Waals surface area (Å²) >= 11 is 0. The third-order valence-corrected chi connectivity index (χ3v) is 1.87. The lowest BCUT2D eigenvalue weighted by Gasteiger charge is -2.28. The van der Waals surface area contributed by atoms with Crippen LogP contribution in [0.2, 0.25) is 0 Å². The van der Waals surface area contributed by atoms with Crippen molar-refractivity contribution >= 4 is 5.91 Å². The molecule has 0 radical (unpaired) electrons. The molecule has 4 N–H and O–H groups in total. The minimum Gasteiger partial charge on any atom is -0.387 e. The molecule has 0 rings (SSSR count). The van der Waals surface area contributed by atoms with Gasteiger partial charge >= 0.3 is 0 Å². The van der Waals surface area contributed by atoms with Gasteiger partial charge in [0.15, 0.2) is 0 Å². The molecule has 0 heterocycles. The van der Waals surface area contributed by atoms with E-state index in [-0.39, 0.29) is 12.5 Å². The third-order valence-electron chi connectivity index (χ3n) is 1.87. The summed E-state index contributed by atoms with van der Waals surface area (Å²) in [5, 5.41) is 12.5. The number of carbonyl (C=O) groups excluding carboxylic acids is 1. The molecule has 5 heteroatoms. The van der Waals surface area contributed by atoms with Crippen LogP contribution in [0.25, 0.3) is 0 Å². The maximum Gasteiger partial charge on any atom is 0.239 e. The van der Waals surface area contributed by atoms with Crippen LogP contribution in [-0.4, -0.2) is 54.2 Å². The zero-order chi connectivity index (χ0) is 12.3. The molecule has 15 heavy (non-hydrogen) atoms. The fourth-order valence-electron chi connectivity index (χ4n) is 1.24. The van der Waals surface area contributed by atoms with E-state index in [2.05, 4.69) is 5.32 Å². The Labute approximate surface area is 91.6 Å². The highest BCUT2D eigenvalue weighted by molar-refractivity contribution is 5.85. The van der Waals surface area contributed by atoms with Crippen LogP contribution in [0.3, 0.4) is 0 Å². The van der Waals surface area contributed by atoms with Crippen LogP contribution >= 0.6 is 0 Å². The predicted molar refractivity (Wildman–Crippen MR) is 60.5 cm³/mol. The topological polar surface area (TPSA) is 78.6 Å². The van der Waals surface area contributed by atoms with Crippen LogP contribution in [-0.2, 0) is 4.79 Å². The molecule has 0 fully saturated rings. The maximum atomic E-state index is 11.4. The highest BCUT2D eigenvalue weighted by atomic mass is 16.3. The second-order valence-electron chi connectivity index (χ2n) is 5.14. The van der Waals surface area contributed by atoms with E-state index in [1.54, 1.807) is 20.8 Å². The molecule has 1 atom stereocenters. The number of amides is 1. The molecule has 1 amide bonds. The van der Waals surface area contributed by atoms with Gasteiger partial charge in [-0.25, -0.2) is 0 Å². The van der Waals surface area contributed by atoms with Crippen LogP contribution in [0.4, 0.5) is 0 Å². The fourth-order valence-corrected chi connectivity index (χ4v) is 1.24. The number of hydrogen-bond donors (Lipinski definition) is 3. The molecule has 0 aromatic carbocycles. The summed E-state index contributed by atoms with van der Waals surface area (Å²) in [5.41, 5.74) is 3.76. The van der Waals surface area contributed by atoms with Gasteiger partial charge in [-0.2, -0.15) is 0 Å². The van der Waals surface area contributed by atoms with Crippen molar-refractivity contribution in [2.45, 2.75) is 31.9 Å². The summed E-state index contributed by atoms with van der Waals surface area (Å²) in [7, 11) is 3.73. The summed E-state index contributed by atoms with van der Waals surface area (Å²) in [5.74, 6) is -0.262. The van der Waals surface area contributed by atoms with Crippen LogP contribution < -0.4 is 11.1 Å². The normalized spacial score (nSPS) is 16.3. The Balaban J connectivity index is 4.10. The number of aliphatic hydroxyl groups is 1. The molecule has 0 aliphatic heterocycles. The first kappa shape index (κ1) is 14.3. The Morgan fingerprint density at radius 2 is 1.87 bits per heavy atom. The lowest BCUT2D eigenvalue weighted by Crippen LogP contribution is -2.54. The van der Waals surface area contributed by atoms with Crippen LogP contribution in [0, 0.1) is 0 Å². The van der Waals surface area contributed by atoms with Gasteiger partial charge in [-0.05, 0) is 34.9 Å². The van der Waals surface area contributed by atoms with Crippen molar-refractivity contribution in [3.05, 3.63) is 0 Å². The van der Waals surface area contributed by atoms with E-state index in [1.807, 2.05) is 19.0 Å². The number of nitrogens with zero attached hydrogens (tertiary/aromatic N) is 1. The molecule has 90 valence electrons. The first-order valence-electron chi connectivity index (χ1n) is 4.99. The second-order valence-corrected chi connectivity index (χ2v) is 5.14. The smallest absolute Gasteiger partial charge is 0.239 e. The lowest BCUT2D eigenvalue weighted by molar-refractivity contribution is -0.126. The number of carbonyl (C=O) groups is 1. The van der Waals surface area contributed by atoms with Gasteiger partial charge in [0.25, 0.3) is 0 Å². The van der Waals surface area contributed by atoms with Crippen molar-refractivity contribution < 1.29 is 9.90 Å². The molecular weight excluding hydrogens is 194 g/mol. The Kier molecular flexibility index (Phi) is 4.70. The van der Waals surface area contributed by atoms with Gasteiger partial charge in [0.1, 0.15) is 0 Å². The highest BCUT2D eigenvalue weighted by Gasteiger charge is 2.26. The summed E-state index contributed by atoms with van der Waals surface area (Å²) in [6.07, 6.45) is 0. The van der Waals surface area contributed by atoms with E-state index >= 15 is 0 Å². The molecule has 5 nitrogen and oxygen atoms in total. The number of nitrogens with one attached hydrogen (secondary N) is 1. The molecule has 0 saturated heterocycles. The predicted octanol–water partition coefficient (Wildman–Crippen LogP) is -0.847. The second kappa shape index (κ2) is 4.92. The average molecular weight is 217 g/mol. The summed E-state index contributed by atoms with van der Waals surface area (Å²) < 4.78 is 0. The number of hydrogen-bond acceptors (Lipinski definition) is 4. The zero-order valence-corrected chi connectivity index (χ0v) is 10.3. The summed E-state index contributed by atoms with van der Waals surface area (Å²) in [4.78, 5) is 13.3. The molecular formula is C10H23N3O2. The van der Waals surface area contributed by atoms with E-state index in [1.165, 1.54) is 0 Å². The molecule has 0 bridgehead atoms. The monoisotopic (exact) mass is 217 g/mol. The molecule has 0 saturated carbocycles. The molecule has 0 aromatic heterocycles. The first-order chi connectivity index (χ1) is 6.54. The van der Waals surface area contributed by atoms with E-state index in [4.69, 9.17) is 5.73 Å². The van der Waals surface area contributed by atoms with Crippen molar-refractivity contribution in [3.8, 4) is 0 Å². The Morgan fingerprint density at radius 1 is 1.40 bits per heavy atom. The van der Waals surface area contributed by atoms with Gasteiger partial charge in [0.2, 0.25) is 5.91 Å². The summed E-state index contributed by atoms with van der Waals surface area (Å²) in [6.45, 7) is 5.62. The molecule has 0 aliphatic rings. The van der Waals surface area contributed by atoms with Gasteiger partial charge in [-0.15, -0.1) is 0 Å². The van der Waals surface area contributed by atoms with Crippen LogP contribution in [0.15, 0.2) is 0 Å². The fraction of sp³-hybridized carbons (Fsp3) is 0.900. The zero-order valence-electron chi connectivity index (χ0n) is 10.3. The SMILES string of the molecule is CN(C)CC(C)(O)CNC(=O)C(C)(C)N. The van der Waals surface area contributed by atoms with Crippen molar-refractivity contribution in [2.75, 3.05) is 27.2 Å². The molecule has 0 aliphatic carbocycles. The standard InChI is InChI=1S/C10H23N3O2/c1-9(2,11)8(14)12-6-10(3,15)7-13(4)5/h15H,6-7,11H2,1-5H3,(H,12,14). The Morgan fingerprint density at radius 3 is 2.20 bits per heavy atom. The van der Waals surface area contributed by atoms with Crippen LogP contribution in [0.1, 0.15) is 20.8 Å². The van der Waals surface area contributed by atoms with Gasteiger partial charge in [-0.1, -0.05) is 0 Å². The highest BCUT2D eigenvalue weighted by Crippen LogP contribution is 2.04. The van der Waals surface area contributed by atoms with Crippen LogP contribution in [0.5, 0.6) is 0 Å². The quantitative estimate of drug-likeness (QED) is 0.560. The first-order valence-corrected chi connectivity index (χ1v) is 4.99. The van der Waals surface area contributed by atoms with Gasteiger partial charge in [-0.3, -0.25) is 4.79 Å². The average Bonchev–Trinajstić information content (AvgIpc) is 1.95. The Hall–Kier alpha value is -0.650. The largest absolute Gasteiger partial charge is 0.387 e. The maximum absolute atomic E-state index is 11.4. The van der Waals surface area contributed by atoms with Crippen molar-refractivity contribution in [1.29, 1.82) is 0 Å². The van der Waals surface area contributed by atoms with E-state index in [0.717, 1.165) is 0 Å². The van der Waals surface area contributed by atoms with Gasteiger partial charge in [0, 0.05) is 13.1 Å². The van der Waals surface area contributed by atoms with Crippen molar-refractivity contribution in [1.82, 2.24) is 10.2 Å².